The highest BCUT2D eigenvalue weighted by Crippen LogP contribution is 2.29. The third-order valence-corrected chi connectivity index (χ3v) is 4.15. The van der Waals surface area contributed by atoms with E-state index in [4.69, 9.17) is 4.74 Å². The summed E-state index contributed by atoms with van der Waals surface area (Å²) >= 11 is 0. The predicted octanol–water partition coefficient (Wildman–Crippen LogP) is 3.25. The van der Waals surface area contributed by atoms with E-state index < -0.39 is 11.7 Å². The quantitative estimate of drug-likeness (QED) is 0.210. The second kappa shape index (κ2) is 13.4. The minimum atomic E-state index is -4.37. The number of guanidine groups is 1. The molecule has 2 N–H and O–H groups in total. The third kappa shape index (κ3) is 8.86. The van der Waals surface area contributed by atoms with Crippen LogP contribution in [0, 0.1) is 0 Å². The van der Waals surface area contributed by atoms with Crippen molar-refractivity contribution in [2.45, 2.75) is 39.0 Å². The van der Waals surface area contributed by atoms with E-state index in [9.17, 15) is 13.2 Å². The molecule has 0 aliphatic rings. The second-order valence-corrected chi connectivity index (χ2v) is 6.36. The summed E-state index contributed by atoms with van der Waals surface area (Å²) in [5.41, 5.74) is -0.183. The standard InChI is InChI=1S/C19H27F3N6O.HI/c1-3-17-27-26-14-28(17)10-9-24-18(23-8-5-11-29-2)25-13-15-6-4-7-16(12-15)19(20,21)22;/h4,6-7,12,14H,3,5,8-11,13H2,1-2H3,(H2,23,24,25);1H. The first-order chi connectivity index (χ1) is 13.9. The molecule has 0 fully saturated rings. The molecule has 0 saturated carbocycles. The summed E-state index contributed by atoms with van der Waals surface area (Å²) in [6, 6.07) is 5.20. The van der Waals surface area contributed by atoms with Crippen molar-refractivity contribution < 1.29 is 17.9 Å². The molecule has 1 aromatic carbocycles. The molecule has 7 nitrogen and oxygen atoms in total. The van der Waals surface area contributed by atoms with Gasteiger partial charge >= 0.3 is 6.18 Å². The smallest absolute Gasteiger partial charge is 0.385 e. The number of rotatable bonds is 10. The van der Waals surface area contributed by atoms with E-state index in [0.29, 0.717) is 37.8 Å². The number of benzene rings is 1. The van der Waals surface area contributed by atoms with Gasteiger partial charge in [0.2, 0.25) is 0 Å². The monoisotopic (exact) mass is 540 g/mol. The number of aryl methyl sites for hydroxylation is 1. The Kier molecular flexibility index (Phi) is 11.7. The van der Waals surface area contributed by atoms with Crippen molar-refractivity contribution in [1.82, 2.24) is 25.4 Å². The van der Waals surface area contributed by atoms with Crippen LogP contribution in [0.3, 0.4) is 0 Å². The Morgan fingerprint density at radius 1 is 1.23 bits per heavy atom. The normalized spacial score (nSPS) is 11.8. The van der Waals surface area contributed by atoms with Gasteiger partial charge in [0.15, 0.2) is 5.96 Å². The zero-order valence-corrected chi connectivity index (χ0v) is 19.4. The van der Waals surface area contributed by atoms with Crippen LogP contribution >= 0.6 is 24.0 Å². The van der Waals surface area contributed by atoms with Crippen molar-refractivity contribution in [2.24, 2.45) is 4.99 Å². The lowest BCUT2D eigenvalue weighted by Gasteiger charge is -2.14. The molecule has 0 bridgehead atoms. The molecule has 1 aromatic heterocycles. The Balaban J connectivity index is 0.00000450. The van der Waals surface area contributed by atoms with E-state index in [1.54, 1.807) is 19.5 Å². The zero-order chi connectivity index (χ0) is 21.1. The number of nitrogens with zero attached hydrogens (tertiary/aromatic N) is 4. The fourth-order valence-electron chi connectivity index (χ4n) is 2.65. The summed E-state index contributed by atoms with van der Waals surface area (Å²) in [7, 11) is 1.63. The van der Waals surface area contributed by atoms with Crippen LogP contribution in [0.25, 0.3) is 0 Å². The van der Waals surface area contributed by atoms with Gasteiger partial charge in [-0.3, -0.25) is 0 Å². The second-order valence-electron chi connectivity index (χ2n) is 6.36. The number of aliphatic imine (C=N–C) groups is 1. The number of hydrogen-bond acceptors (Lipinski definition) is 4. The van der Waals surface area contributed by atoms with Gasteiger partial charge in [-0.05, 0) is 24.1 Å². The largest absolute Gasteiger partial charge is 0.416 e. The van der Waals surface area contributed by atoms with Crippen LogP contribution in [0.15, 0.2) is 35.6 Å². The number of halogens is 4. The highest BCUT2D eigenvalue weighted by Gasteiger charge is 2.30. The predicted molar refractivity (Wildman–Crippen MR) is 120 cm³/mol. The van der Waals surface area contributed by atoms with Gasteiger partial charge < -0.3 is 19.9 Å². The maximum atomic E-state index is 12.9. The fraction of sp³-hybridized carbons (Fsp3) is 0.526. The molecular formula is C19H28F3IN6O. The number of methoxy groups -OCH3 is 1. The van der Waals surface area contributed by atoms with Crippen molar-refractivity contribution in [3.05, 3.63) is 47.5 Å². The van der Waals surface area contributed by atoms with Gasteiger partial charge in [-0.15, -0.1) is 34.2 Å². The topological polar surface area (TPSA) is 76.4 Å². The van der Waals surface area contributed by atoms with Crippen LogP contribution in [0.2, 0.25) is 0 Å². The summed E-state index contributed by atoms with van der Waals surface area (Å²) in [4.78, 5) is 4.42. The fourth-order valence-corrected chi connectivity index (χ4v) is 2.65. The molecule has 30 heavy (non-hydrogen) atoms. The number of ether oxygens (including phenoxy) is 1. The molecule has 0 radical (unpaired) electrons. The van der Waals surface area contributed by atoms with Gasteiger partial charge in [0.25, 0.3) is 0 Å². The third-order valence-electron chi connectivity index (χ3n) is 4.15. The molecule has 0 atom stereocenters. The molecule has 2 aromatic rings. The van der Waals surface area contributed by atoms with Crippen molar-refractivity contribution in [3.8, 4) is 0 Å². The van der Waals surface area contributed by atoms with Crippen molar-refractivity contribution >= 4 is 29.9 Å². The Labute approximate surface area is 191 Å². The van der Waals surface area contributed by atoms with Gasteiger partial charge in [0, 0.05) is 39.8 Å². The maximum absolute atomic E-state index is 12.9. The van der Waals surface area contributed by atoms with Gasteiger partial charge in [-0.1, -0.05) is 19.1 Å². The average Bonchev–Trinajstić information content (AvgIpc) is 3.16. The van der Waals surface area contributed by atoms with E-state index in [-0.39, 0.29) is 30.5 Å². The van der Waals surface area contributed by atoms with Crippen LogP contribution in [-0.2, 0) is 30.4 Å². The van der Waals surface area contributed by atoms with E-state index >= 15 is 0 Å². The van der Waals surface area contributed by atoms with Gasteiger partial charge in [-0.25, -0.2) is 4.99 Å². The zero-order valence-electron chi connectivity index (χ0n) is 17.1. The Hall–Kier alpha value is -1.89. The SMILES string of the molecule is CCc1nncn1CCNC(=NCc1cccc(C(F)(F)F)c1)NCCCOC.I. The molecule has 0 aliphatic heterocycles. The van der Waals surface area contributed by atoms with E-state index in [1.807, 2.05) is 11.5 Å². The van der Waals surface area contributed by atoms with Crippen LogP contribution in [0.4, 0.5) is 13.2 Å². The summed E-state index contributed by atoms with van der Waals surface area (Å²) in [5.74, 6) is 1.42. The molecule has 168 valence electrons. The minimum Gasteiger partial charge on any atom is -0.385 e. The first kappa shape index (κ1) is 26.1. The maximum Gasteiger partial charge on any atom is 0.416 e. The molecule has 0 amide bonds. The lowest BCUT2D eigenvalue weighted by molar-refractivity contribution is -0.137. The van der Waals surface area contributed by atoms with Crippen molar-refractivity contribution in [1.29, 1.82) is 0 Å². The van der Waals surface area contributed by atoms with E-state index in [0.717, 1.165) is 30.8 Å². The molecule has 0 aliphatic carbocycles. The van der Waals surface area contributed by atoms with Crippen LogP contribution < -0.4 is 10.6 Å². The van der Waals surface area contributed by atoms with Crippen LogP contribution in [0.5, 0.6) is 0 Å². The lowest BCUT2D eigenvalue weighted by atomic mass is 10.1. The number of aromatic nitrogens is 3. The summed E-state index contributed by atoms with van der Waals surface area (Å²) in [6.07, 6.45) is -1.13. The van der Waals surface area contributed by atoms with Gasteiger partial charge in [-0.2, -0.15) is 13.2 Å². The highest BCUT2D eigenvalue weighted by molar-refractivity contribution is 14.0. The Morgan fingerprint density at radius 2 is 2.00 bits per heavy atom. The molecular weight excluding hydrogens is 512 g/mol. The average molecular weight is 540 g/mol. The van der Waals surface area contributed by atoms with Crippen LogP contribution in [0.1, 0.15) is 30.3 Å². The minimum absolute atomic E-state index is 0. The van der Waals surface area contributed by atoms with Gasteiger partial charge in [0.05, 0.1) is 12.1 Å². The summed E-state index contributed by atoms with van der Waals surface area (Å²) in [5, 5.41) is 14.3. The molecule has 2 rings (SSSR count). The Morgan fingerprint density at radius 3 is 2.70 bits per heavy atom. The lowest BCUT2D eigenvalue weighted by Crippen LogP contribution is -2.39. The number of nitrogens with one attached hydrogen (secondary N) is 2. The van der Waals surface area contributed by atoms with Crippen LogP contribution in [-0.4, -0.2) is 47.5 Å². The van der Waals surface area contributed by atoms with E-state index in [1.165, 1.54) is 6.07 Å². The highest BCUT2D eigenvalue weighted by atomic mass is 127. The molecule has 0 spiro atoms. The van der Waals surface area contributed by atoms with Crippen molar-refractivity contribution in [3.63, 3.8) is 0 Å². The summed E-state index contributed by atoms with van der Waals surface area (Å²) in [6.45, 7) is 4.61. The summed E-state index contributed by atoms with van der Waals surface area (Å²) < 4.78 is 45.6. The van der Waals surface area contributed by atoms with Gasteiger partial charge in [0.1, 0.15) is 12.2 Å². The molecule has 1 heterocycles. The first-order valence-corrected chi connectivity index (χ1v) is 9.48. The number of hydrogen-bond donors (Lipinski definition) is 2. The number of alkyl halides is 3. The molecule has 0 unspecified atom stereocenters. The Bertz CT molecular complexity index is 782. The van der Waals surface area contributed by atoms with E-state index in [2.05, 4.69) is 25.8 Å². The molecule has 11 heteroatoms. The van der Waals surface area contributed by atoms with Crippen molar-refractivity contribution in [2.75, 3.05) is 26.8 Å². The molecule has 0 saturated heterocycles. The first-order valence-electron chi connectivity index (χ1n) is 9.48.